The van der Waals surface area contributed by atoms with Gasteiger partial charge in [0.25, 0.3) is 0 Å². The molecular formula is C8H19BP2. The van der Waals surface area contributed by atoms with Gasteiger partial charge >= 0.3 is 0 Å². The van der Waals surface area contributed by atoms with Gasteiger partial charge in [0.05, 0.1) is 7.85 Å². The van der Waals surface area contributed by atoms with Crippen LogP contribution in [-0.2, 0) is 0 Å². The van der Waals surface area contributed by atoms with Gasteiger partial charge in [-0.2, -0.15) is 0 Å². The highest BCUT2D eigenvalue weighted by atomic mass is 31.1. The van der Waals surface area contributed by atoms with Crippen molar-refractivity contribution >= 4 is 26.3 Å². The van der Waals surface area contributed by atoms with Gasteiger partial charge in [-0.15, -0.1) is 18.5 Å². The molecule has 0 aliphatic rings. The lowest BCUT2D eigenvalue weighted by atomic mass is 9.92. The van der Waals surface area contributed by atoms with Gasteiger partial charge in [-0.05, 0) is 17.1 Å². The van der Waals surface area contributed by atoms with Crippen molar-refractivity contribution in [1.29, 1.82) is 0 Å². The minimum atomic E-state index is -0.137. The fraction of sp³-hybridized carbons (Fsp3) is 1.00. The predicted molar refractivity (Wildman–Crippen MR) is 61.2 cm³/mol. The van der Waals surface area contributed by atoms with Gasteiger partial charge in [0.15, 0.2) is 0 Å². The largest absolute Gasteiger partial charge is 0.136 e. The van der Waals surface area contributed by atoms with Crippen molar-refractivity contribution in [2.75, 3.05) is 0 Å². The topological polar surface area (TPSA) is 0 Å². The van der Waals surface area contributed by atoms with Crippen molar-refractivity contribution in [2.45, 2.75) is 44.3 Å². The van der Waals surface area contributed by atoms with Crippen LogP contribution in [0.1, 0.15) is 39.5 Å². The Balaban J connectivity index is 3.38. The Hall–Kier alpha value is 0.925. The average Bonchev–Trinajstić information content (AvgIpc) is 1.83. The van der Waals surface area contributed by atoms with Crippen molar-refractivity contribution < 1.29 is 0 Å². The van der Waals surface area contributed by atoms with Gasteiger partial charge in [-0.3, -0.25) is 0 Å². The summed E-state index contributed by atoms with van der Waals surface area (Å²) in [5.74, 6) is 0.823. The van der Waals surface area contributed by atoms with E-state index in [0.29, 0.717) is 0 Å². The van der Waals surface area contributed by atoms with E-state index >= 15 is 0 Å². The van der Waals surface area contributed by atoms with Crippen molar-refractivity contribution in [3.05, 3.63) is 0 Å². The zero-order valence-electron chi connectivity index (χ0n) is 7.64. The Morgan fingerprint density at radius 2 is 1.91 bits per heavy atom. The van der Waals surface area contributed by atoms with E-state index in [1.165, 1.54) is 19.3 Å². The van der Waals surface area contributed by atoms with Crippen LogP contribution in [0.3, 0.4) is 0 Å². The number of hydrogen-bond acceptors (Lipinski definition) is 0. The molecule has 0 heterocycles. The first-order valence-electron chi connectivity index (χ1n) is 4.32. The Morgan fingerprint density at radius 1 is 1.36 bits per heavy atom. The molecule has 3 unspecified atom stereocenters. The van der Waals surface area contributed by atoms with Gasteiger partial charge in [-0.1, -0.05) is 33.1 Å². The van der Waals surface area contributed by atoms with Crippen molar-refractivity contribution in [2.24, 2.45) is 5.92 Å². The molecule has 0 aromatic carbocycles. The van der Waals surface area contributed by atoms with Crippen LogP contribution in [0.2, 0.25) is 0 Å². The summed E-state index contributed by atoms with van der Waals surface area (Å²) >= 11 is 0. The highest BCUT2D eigenvalue weighted by molar-refractivity contribution is 7.44. The smallest absolute Gasteiger partial charge is 0.0860 e. The normalized spacial score (nSPS) is 14.9. The summed E-state index contributed by atoms with van der Waals surface area (Å²) in [6.07, 6.45) is 4.92. The number of hydrogen-bond donors (Lipinski definition) is 0. The standard InChI is InChI=1S/C8H19BP2/c1-3-4-7(2)5-6-8(9,10)11/h7H,3-6,10-11H2,1-2H3. The molecule has 0 saturated heterocycles. The summed E-state index contributed by atoms with van der Waals surface area (Å²) in [6, 6.07) is 0. The molecule has 0 nitrogen and oxygen atoms in total. The second-order valence-electron chi connectivity index (χ2n) is 3.54. The van der Waals surface area contributed by atoms with E-state index in [0.717, 1.165) is 12.3 Å². The Kier molecular flexibility index (Phi) is 6.02. The molecule has 0 amide bonds. The lowest BCUT2D eigenvalue weighted by Crippen LogP contribution is -2.11. The van der Waals surface area contributed by atoms with E-state index in [2.05, 4.69) is 32.3 Å². The highest BCUT2D eigenvalue weighted by Gasteiger charge is 2.11. The van der Waals surface area contributed by atoms with Crippen LogP contribution in [0.25, 0.3) is 0 Å². The van der Waals surface area contributed by atoms with E-state index in [9.17, 15) is 0 Å². The third kappa shape index (κ3) is 8.83. The first kappa shape index (κ1) is 11.9. The van der Waals surface area contributed by atoms with E-state index in [1.54, 1.807) is 0 Å². The third-order valence-electron chi connectivity index (χ3n) is 1.85. The minimum absolute atomic E-state index is 0.137. The maximum Gasteiger partial charge on any atom is 0.0860 e. The lowest BCUT2D eigenvalue weighted by Gasteiger charge is -2.20. The highest BCUT2D eigenvalue weighted by Crippen LogP contribution is 2.30. The van der Waals surface area contributed by atoms with Crippen LogP contribution >= 0.6 is 18.5 Å². The van der Waals surface area contributed by atoms with Gasteiger partial charge < -0.3 is 0 Å². The summed E-state index contributed by atoms with van der Waals surface area (Å²) in [6.45, 7) is 4.53. The minimum Gasteiger partial charge on any atom is -0.136 e. The summed E-state index contributed by atoms with van der Waals surface area (Å²) < 4.78 is 0. The van der Waals surface area contributed by atoms with Crippen LogP contribution in [0.4, 0.5) is 0 Å². The maximum absolute atomic E-state index is 5.81. The molecule has 0 saturated carbocycles. The first-order chi connectivity index (χ1) is 4.95. The van der Waals surface area contributed by atoms with E-state index in [1.807, 2.05) is 0 Å². The summed E-state index contributed by atoms with van der Waals surface area (Å²) in [7, 11) is 11.1. The molecule has 0 spiro atoms. The van der Waals surface area contributed by atoms with E-state index in [-0.39, 0.29) is 4.80 Å². The molecule has 0 bridgehead atoms. The zero-order chi connectivity index (χ0) is 8.91. The molecule has 0 aliphatic carbocycles. The first-order valence-corrected chi connectivity index (χ1v) is 5.48. The van der Waals surface area contributed by atoms with Crippen molar-refractivity contribution in [1.82, 2.24) is 0 Å². The molecule has 0 fully saturated rings. The monoisotopic (exact) mass is 188 g/mol. The average molecular weight is 188 g/mol. The lowest BCUT2D eigenvalue weighted by molar-refractivity contribution is 0.474. The molecule has 3 heteroatoms. The molecule has 0 N–H and O–H groups in total. The molecule has 0 rings (SSSR count). The van der Waals surface area contributed by atoms with Crippen molar-refractivity contribution in [3.63, 3.8) is 0 Å². The fourth-order valence-electron chi connectivity index (χ4n) is 1.13. The second kappa shape index (κ2) is 5.55. The van der Waals surface area contributed by atoms with Crippen LogP contribution in [0, 0.1) is 5.92 Å². The van der Waals surface area contributed by atoms with Gasteiger partial charge in [-0.25, -0.2) is 0 Å². The summed E-state index contributed by atoms with van der Waals surface area (Å²) in [5.41, 5.74) is 0. The van der Waals surface area contributed by atoms with Crippen LogP contribution in [0.5, 0.6) is 0 Å². The predicted octanol–water partition coefficient (Wildman–Crippen LogP) is 2.78. The molecule has 11 heavy (non-hydrogen) atoms. The maximum atomic E-state index is 5.81. The summed E-state index contributed by atoms with van der Waals surface area (Å²) in [4.78, 5) is -0.137. The Bertz CT molecular complexity index is 98.8. The van der Waals surface area contributed by atoms with Gasteiger partial charge in [0, 0.05) is 0 Å². The molecule has 64 valence electrons. The molecular weight excluding hydrogens is 169 g/mol. The second-order valence-corrected chi connectivity index (χ2v) is 6.36. The Labute approximate surface area is 77.1 Å². The zero-order valence-corrected chi connectivity index (χ0v) is 9.95. The van der Waals surface area contributed by atoms with E-state index < -0.39 is 0 Å². The quantitative estimate of drug-likeness (QED) is 0.459. The SMILES string of the molecule is [B]C(P)(P)CCC(C)CCC. The summed E-state index contributed by atoms with van der Waals surface area (Å²) in [5, 5.41) is 0. The van der Waals surface area contributed by atoms with Crippen LogP contribution < -0.4 is 0 Å². The van der Waals surface area contributed by atoms with Crippen LogP contribution in [-0.4, -0.2) is 12.6 Å². The van der Waals surface area contributed by atoms with E-state index in [4.69, 9.17) is 7.85 Å². The molecule has 0 aromatic rings. The third-order valence-corrected chi connectivity index (χ3v) is 2.43. The molecule has 0 aromatic heterocycles. The molecule has 2 radical (unpaired) electrons. The number of rotatable bonds is 5. The Morgan fingerprint density at radius 3 is 2.27 bits per heavy atom. The molecule has 0 aliphatic heterocycles. The van der Waals surface area contributed by atoms with Gasteiger partial charge in [0.1, 0.15) is 0 Å². The van der Waals surface area contributed by atoms with Crippen LogP contribution in [0.15, 0.2) is 0 Å². The van der Waals surface area contributed by atoms with Gasteiger partial charge in [0.2, 0.25) is 0 Å². The van der Waals surface area contributed by atoms with Crippen molar-refractivity contribution in [3.8, 4) is 0 Å². The fourth-order valence-corrected chi connectivity index (χ4v) is 1.47. The molecule has 3 atom stereocenters.